The predicted octanol–water partition coefficient (Wildman–Crippen LogP) is 7.49. The summed E-state index contributed by atoms with van der Waals surface area (Å²) >= 11 is 0. The average Bonchev–Trinajstić information content (AvgIpc) is 2.90. The Balaban J connectivity index is 1.64. The van der Waals surface area contributed by atoms with Gasteiger partial charge in [-0.1, -0.05) is 85.5 Å². The molecule has 0 radical (unpaired) electrons. The summed E-state index contributed by atoms with van der Waals surface area (Å²) in [6.07, 6.45) is -3.02. The molecule has 184 valence electrons. The predicted molar refractivity (Wildman–Crippen MR) is 133 cm³/mol. The number of nitrogens with zero attached hydrogens (tertiary/aromatic N) is 1. The third kappa shape index (κ3) is 6.88. The number of benzene rings is 3. The fourth-order valence-corrected chi connectivity index (χ4v) is 3.45. The highest BCUT2D eigenvalue weighted by Crippen LogP contribution is 2.35. The lowest BCUT2D eigenvalue weighted by atomic mass is 10.0. The number of hydrogen-bond acceptors (Lipinski definition) is 4. The number of pyridine rings is 1. The van der Waals surface area contributed by atoms with Gasteiger partial charge in [-0.2, -0.15) is 18.2 Å². The van der Waals surface area contributed by atoms with Crippen molar-refractivity contribution in [2.75, 3.05) is 6.61 Å². The molecule has 3 aromatic carbocycles. The van der Waals surface area contributed by atoms with E-state index in [1.54, 1.807) is 24.3 Å². The van der Waals surface area contributed by atoms with Crippen molar-refractivity contribution < 1.29 is 27.4 Å². The molecular formula is C29H24F3NO3. The molecule has 0 amide bonds. The molecule has 0 fully saturated rings. The SMILES string of the molecule is C=Cc1ccc(-c2ccc(OCc3ccccc3)nc2OCc2ccccc2)cc1OCC(F)(F)F. The molecule has 1 aromatic heterocycles. The Labute approximate surface area is 207 Å². The van der Waals surface area contributed by atoms with Crippen molar-refractivity contribution in [1.82, 2.24) is 4.98 Å². The summed E-state index contributed by atoms with van der Waals surface area (Å²) in [5.74, 6) is 0.720. The molecule has 0 N–H and O–H groups in total. The molecule has 4 aromatic rings. The molecule has 4 nitrogen and oxygen atoms in total. The first kappa shape index (κ1) is 24.9. The Morgan fingerprint density at radius 2 is 1.39 bits per heavy atom. The van der Waals surface area contributed by atoms with E-state index in [9.17, 15) is 13.2 Å². The molecule has 0 atom stereocenters. The van der Waals surface area contributed by atoms with Gasteiger partial charge in [-0.15, -0.1) is 0 Å². The maximum atomic E-state index is 12.8. The Bertz CT molecular complexity index is 1290. The van der Waals surface area contributed by atoms with Gasteiger partial charge in [-0.25, -0.2) is 0 Å². The molecule has 0 aliphatic carbocycles. The van der Waals surface area contributed by atoms with Crippen LogP contribution in [-0.2, 0) is 13.2 Å². The van der Waals surface area contributed by atoms with E-state index in [-0.39, 0.29) is 18.2 Å². The molecule has 0 aliphatic rings. The standard InChI is InChI=1S/C29H24F3NO3/c1-2-23-13-14-24(17-26(23)36-20-29(30,31)32)25-15-16-27(34-18-21-9-5-3-6-10-21)33-28(25)35-19-22-11-7-4-8-12-22/h2-17H,1,18-20H2. The van der Waals surface area contributed by atoms with Crippen molar-refractivity contribution in [3.8, 4) is 28.6 Å². The van der Waals surface area contributed by atoms with Gasteiger partial charge in [-0.3, -0.25) is 0 Å². The minimum Gasteiger partial charge on any atom is -0.483 e. The number of alkyl halides is 3. The monoisotopic (exact) mass is 491 g/mol. The zero-order chi connectivity index (χ0) is 25.4. The highest BCUT2D eigenvalue weighted by atomic mass is 19.4. The normalized spacial score (nSPS) is 11.1. The Kier molecular flexibility index (Phi) is 7.90. The highest BCUT2D eigenvalue weighted by molar-refractivity contribution is 5.73. The van der Waals surface area contributed by atoms with Gasteiger partial charge in [0.05, 0.1) is 0 Å². The van der Waals surface area contributed by atoms with Crippen LogP contribution in [0.15, 0.2) is 97.6 Å². The minimum absolute atomic E-state index is 0.0678. The van der Waals surface area contributed by atoms with Crippen molar-refractivity contribution in [3.05, 3.63) is 114 Å². The maximum Gasteiger partial charge on any atom is 0.422 e. The zero-order valence-electron chi connectivity index (χ0n) is 19.4. The van der Waals surface area contributed by atoms with Crippen LogP contribution in [0.5, 0.6) is 17.5 Å². The van der Waals surface area contributed by atoms with Crippen LogP contribution in [0.3, 0.4) is 0 Å². The van der Waals surface area contributed by atoms with Crippen molar-refractivity contribution in [2.24, 2.45) is 0 Å². The molecule has 0 saturated heterocycles. The molecule has 36 heavy (non-hydrogen) atoms. The number of aromatic nitrogens is 1. The Hall–Kier alpha value is -4.26. The first-order valence-corrected chi connectivity index (χ1v) is 11.2. The van der Waals surface area contributed by atoms with E-state index < -0.39 is 12.8 Å². The minimum atomic E-state index is -4.46. The third-order valence-corrected chi connectivity index (χ3v) is 5.22. The molecule has 7 heteroatoms. The first-order chi connectivity index (χ1) is 17.4. The summed E-state index contributed by atoms with van der Waals surface area (Å²) in [6.45, 7) is 2.84. The van der Waals surface area contributed by atoms with E-state index in [0.717, 1.165) is 11.1 Å². The van der Waals surface area contributed by atoms with Crippen LogP contribution in [0.4, 0.5) is 13.2 Å². The van der Waals surface area contributed by atoms with Crippen molar-refractivity contribution in [3.63, 3.8) is 0 Å². The largest absolute Gasteiger partial charge is 0.483 e. The second kappa shape index (κ2) is 11.4. The molecular weight excluding hydrogens is 467 g/mol. The van der Waals surface area contributed by atoms with Gasteiger partial charge in [0.15, 0.2) is 6.61 Å². The second-order valence-corrected chi connectivity index (χ2v) is 7.91. The van der Waals surface area contributed by atoms with E-state index in [4.69, 9.17) is 14.2 Å². The van der Waals surface area contributed by atoms with E-state index >= 15 is 0 Å². The van der Waals surface area contributed by atoms with Crippen molar-refractivity contribution in [2.45, 2.75) is 19.4 Å². The molecule has 4 rings (SSSR count). The number of ether oxygens (including phenoxy) is 3. The topological polar surface area (TPSA) is 40.6 Å². The summed E-state index contributed by atoms with van der Waals surface area (Å²) in [6, 6.07) is 27.7. The van der Waals surface area contributed by atoms with Gasteiger partial charge in [0.2, 0.25) is 11.8 Å². The van der Waals surface area contributed by atoms with Gasteiger partial charge in [0.25, 0.3) is 0 Å². The van der Waals surface area contributed by atoms with Gasteiger partial charge in [0.1, 0.15) is 19.0 Å². The van der Waals surface area contributed by atoms with Crippen LogP contribution < -0.4 is 14.2 Å². The Morgan fingerprint density at radius 3 is 2.00 bits per heavy atom. The lowest BCUT2D eigenvalue weighted by molar-refractivity contribution is -0.153. The zero-order valence-corrected chi connectivity index (χ0v) is 19.4. The van der Waals surface area contributed by atoms with Crippen LogP contribution in [0.2, 0.25) is 0 Å². The quantitative estimate of drug-likeness (QED) is 0.230. The van der Waals surface area contributed by atoms with Crippen LogP contribution in [0.25, 0.3) is 17.2 Å². The molecule has 0 unspecified atom stereocenters. The molecule has 1 heterocycles. The van der Waals surface area contributed by atoms with E-state index in [1.807, 2.05) is 60.7 Å². The molecule has 0 aliphatic heterocycles. The summed E-state index contributed by atoms with van der Waals surface area (Å²) in [4.78, 5) is 4.55. The fourth-order valence-electron chi connectivity index (χ4n) is 3.45. The molecule has 0 saturated carbocycles. The second-order valence-electron chi connectivity index (χ2n) is 7.91. The lowest BCUT2D eigenvalue weighted by Crippen LogP contribution is -2.19. The molecule has 0 spiro atoms. The summed E-state index contributed by atoms with van der Waals surface area (Å²) in [7, 11) is 0. The van der Waals surface area contributed by atoms with E-state index in [2.05, 4.69) is 11.6 Å². The lowest BCUT2D eigenvalue weighted by Gasteiger charge is -2.16. The maximum absolute atomic E-state index is 12.8. The van der Waals surface area contributed by atoms with Crippen LogP contribution in [-0.4, -0.2) is 17.8 Å². The number of hydrogen-bond donors (Lipinski definition) is 0. The Morgan fingerprint density at radius 1 is 0.750 bits per heavy atom. The van der Waals surface area contributed by atoms with Crippen molar-refractivity contribution in [1.29, 1.82) is 0 Å². The van der Waals surface area contributed by atoms with Crippen LogP contribution in [0, 0.1) is 0 Å². The summed E-state index contributed by atoms with van der Waals surface area (Å²) in [5, 5.41) is 0. The fraction of sp³-hybridized carbons (Fsp3) is 0.138. The smallest absolute Gasteiger partial charge is 0.422 e. The summed E-state index contributed by atoms with van der Waals surface area (Å²) in [5.41, 5.74) is 3.55. The van der Waals surface area contributed by atoms with E-state index in [1.165, 1.54) is 12.1 Å². The van der Waals surface area contributed by atoms with Crippen molar-refractivity contribution >= 4 is 6.08 Å². The van der Waals surface area contributed by atoms with Crippen LogP contribution >= 0.6 is 0 Å². The molecule has 0 bridgehead atoms. The highest BCUT2D eigenvalue weighted by Gasteiger charge is 2.29. The summed E-state index contributed by atoms with van der Waals surface area (Å²) < 4.78 is 55.3. The van der Waals surface area contributed by atoms with Gasteiger partial charge in [-0.05, 0) is 28.8 Å². The average molecular weight is 492 g/mol. The van der Waals surface area contributed by atoms with Gasteiger partial charge in [0, 0.05) is 17.2 Å². The number of rotatable bonds is 10. The van der Waals surface area contributed by atoms with E-state index in [0.29, 0.717) is 29.2 Å². The first-order valence-electron chi connectivity index (χ1n) is 11.2. The third-order valence-electron chi connectivity index (χ3n) is 5.22. The van der Waals surface area contributed by atoms with Gasteiger partial charge < -0.3 is 14.2 Å². The number of halogens is 3. The van der Waals surface area contributed by atoms with Gasteiger partial charge >= 0.3 is 6.18 Å². The van der Waals surface area contributed by atoms with Crippen LogP contribution in [0.1, 0.15) is 16.7 Å².